The van der Waals surface area contributed by atoms with E-state index in [9.17, 15) is 0 Å². The summed E-state index contributed by atoms with van der Waals surface area (Å²) >= 11 is 0. The van der Waals surface area contributed by atoms with Crippen LogP contribution in [0.25, 0.3) is 0 Å². The van der Waals surface area contributed by atoms with E-state index in [1.54, 1.807) is 0 Å². The molecule has 3 rings (SSSR count). The molecule has 1 aliphatic carbocycles. The van der Waals surface area contributed by atoms with Crippen molar-refractivity contribution in [1.29, 1.82) is 0 Å². The van der Waals surface area contributed by atoms with Gasteiger partial charge in [-0.15, -0.1) is 24.0 Å². The van der Waals surface area contributed by atoms with Crippen LogP contribution in [0.1, 0.15) is 51.0 Å². The molecular formula is C21H35IN4O3. The van der Waals surface area contributed by atoms with Crippen molar-refractivity contribution in [3.05, 3.63) is 23.9 Å². The molecule has 1 saturated heterocycles. The highest BCUT2D eigenvalue weighted by Gasteiger charge is 2.17. The van der Waals surface area contributed by atoms with Gasteiger partial charge in [-0.25, -0.2) is 9.98 Å². The number of nitrogens with one attached hydrogen (secondary N) is 2. The summed E-state index contributed by atoms with van der Waals surface area (Å²) in [7, 11) is 0. The van der Waals surface area contributed by atoms with Gasteiger partial charge in [0.1, 0.15) is 6.10 Å². The predicted octanol–water partition coefficient (Wildman–Crippen LogP) is 3.27. The lowest BCUT2D eigenvalue weighted by Crippen LogP contribution is -2.38. The van der Waals surface area contributed by atoms with Crippen molar-refractivity contribution in [2.75, 3.05) is 32.9 Å². The number of aromatic nitrogens is 1. The van der Waals surface area contributed by atoms with Crippen LogP contribution in [0, 0.1) is 0 Å². The topological polar surface area (TPSA) is 77.0 Å². The van der Waals surface area contributed by atoms with E-state index in [-0.39, 0.29) is 30.1 Å². The number of ether oxygens (including phenoxy) is 3. The molecule has 2 fully saturated rings. The Balaban J connectivity index is 0.00000300. The van der Waals surface area contributed by atoms with E-state index in [0.717, 1.165) is 76.0 Å². The molecule has 1 aliphatic heterocycles. The predicted molar refractivity (Wildman–Crippen MR) is 125 cm³/mol. The minimum Gasteiger partial charge on any atom is -0.474 e. The van der Waals surface area contributed by atoms with Crippen LogP contribution in [0.2, 0.25) is 0 Å². The molecule has 29 heavy (non-hydrogen) atoms. The van der Waals surface area contributed by atoms with Crippen molar-refractivity contribution in [3.63, 3.8) is 0 Å². The molecule has 2 N–H and O–H groups in total. The summed E-state index contributed by atoms with van der Waals surface area (Å²) in [5, 5.41) is 6.64. The van der Waals surface area contributed by atoms with Gasteiger partial charge in [0.15, 0.2) is 5.96 Å². The summed E-state index contributed by atoms with van der Waals surface area (Å²) in [6.07, 6.45) is 9.23. The van der Waals surface area contributed by atoms with Crippen molar-refractivity contribution in [1.82, 2.24) is 15.6 Å². The van der Waals surface area contributed by atoms with Crippen LogP contribution in [0.3, 0.4) is 0 Å². The van der Waals surface area contributed by atoms with Crippen LogP contribution in [0.15, 0.2) is 23.3 Å². The number of hydrogen-bond donors (Lipinski definition) is 2. The Kier molecular flexibility index (Phi) is 11.6. The molecule has 8 heteroatoms. The van der Waals surface area contributed by atoms with Crippen LogP contribution in [0.5, 0.6) is 5.88 Å². The summed E-state index contributed by atoms with van der Waals surface area (Å²) in [6, 6.07) is 4.00. The van der Waals surface area contributed by atoms with Crippen molar-refractivity contribution in [2.24, 2.45) is 4.99 Å². The second-order valence-corrected chi connectivity index (χ2v) is 7.36. The SMILES string of the molecule is CCNC(=NCc1ccc(OC2CCCC2)nc1)NCCCOC1CCOC1.I. The van der Waals surface area contributed by atoms with Gasteiger partial charge in [-0.3, -0.25) is 0 Å². The lowest BCUT2D eigenvalue weighted by Gasteiger charge is -2.13. The minimum atomic E-state index is 0. The second-order valence-electron chi connectivity index (χ2n) is 7.36. The summed E-state index contributed by atoms with van der Waals surface area (Å²) < 4.78 is 17.0. The van der Waals surface area contributed by atoms with Gasteiger partial charge in [0.25, 0.3) is 0 Å². The maximum absolute atomic E-state index is 5.92. The number of hydrogen-bond acceptors (Lipinski definition) is 5. The van der Waals surface area contributed by atoms with E-state index in [1.807, 2.05) is 18.3 Å². The Bertz CT molecular complexity index is 588. The molecule has 7 nitrogen and oxygen atoms in total. The van der Waals surface area contributed by atoms with Crippen molar-refractivity contribution >= 4 is 29.9 Å². The maximum atomic E-state index is 5.92. The molecule has 1 aromatic heterocycles. The van der Waals surface area contributed by atoms with Gasteiger partial charge in [0.05, 0.1) is 19.3 Å². The Hall–Kier alpha value is -1.13. The molecular weight excluding hydrogens is 483 g/mol. The largest absolute Gasteiger partial charge is 0.474 e. The van der Waals surface area contributed by atoms with E-state index < -0.39 is 0 Å². The average Bonchev–Trinajstić information content (AvgIpc) is 3.41. The molecule has 0 bridgehead atoms. The van der Waals surface area contributed by atoms with Gasteiger partial charge in [0, 0.05) is 38.6 Å². The molecule has 1 unspecified atom stereocenters. The van der Waals surface area contributed by atoms with Crippen LogP contribution in [0.4, 0.5) is 0 Å². The monoisotopic (exact) mass is 518 g/mol. The van der Waals surface area contributed by atoms with Crippen LogP contribution in [-0.2, 0) is 16.0 Å². The first-order valence-electron chi connectivity index (χ1n) is 10.7. The number of rotatable bonds is 10. The molecule has 0 amide bonds. The van der Waals surface area contributed by atoms with E-state index in [2.05, 4.69) is 27.5 Å². The van der Waals surface area contributed by atoms with Crippen molar-refractivity contribution < 1.29 is 14.2 Å². The van der Waals surface area contributed by atoms with Crippen LogP contribution >= 0.6 is 24.0 Å². The quantitative estimate of drug-likeness (QED) is 0.214. The maximum Gasteiger partial charge on any atom is 0.213 e. The highest BCUT2D eigenvalue weighted by Crippen LogP contribution is 2.22. The van der Waals surface area contributed by atoms with Gasteiger partial charge < -0.3 is 24.8 Å². The molecule has 2 aliphatic rings. The molecule has 1 saturated carbocycles. The fourth-order valence-electron chi connectivity index (χ4n) is 3.44. The smallest absolute Gasteiger partial charge is 0.213 e. The zero-order chi connectivity index (χ0) is 19.4. The summed E-state index contributed by atoms with van der Waals surface area (Å²) in [4.78, 5) is 9.08. The van der Waals surface area contributed by atoms with Gasteiger partial charge >= 0.3 is 0 Å². The Morgan fingerprint density at radius 1 is 1.21 bits per heavy atom. The Morgan fingerprint density at radius 3 is 2.76 bits per heavy atom. The standard InChI is InChI=1S/C21H34N4O3.HI/c1-2-22-21(23-11-5-12-27-19-10-13-26-16-19)25-15-17-8-9-20(24-14-17)28-18-6-3-4-7-18;/h8-9,14,18-19H,2-7,10-13,15-16H2,1H3,(H2,22,23,25);1H. The van der Waals surface area contributed by atoms with Crippen LogP contribution < -0.4 is 15.4 Å². The number of pyridine rings is 1. The second kappa shape index (κ2) is 14.0. The first-order valence-corrected chi connectivity index (χ1v) is 10.7. The lowest BCUT2D eigenvalue weighted by molar-refractivity contribution is 0.0420. The highest BCUT2D eigenvalue weighted by atomic mass is 127. The fourth-order valence-corrected chi connectivity index (χ4v) is 3.44. The van der Waals surface area contributed by atoms with Gasteiger partial charge in [-0.2, -0.15) is 0 Å². The zero-order valence-electron chi connectivity index (χ0n) is 17.4. The van der Waals surface area contributed by atoms with Crippen molar-refractivity contribution in [3.8, 4) is 5.88 Å². The molecule has 1 atom stereocenters. The fraction of sp³-hybridized carbons (Fsp3) is 0.714. The molecule has 0 radical (unpaired) electrons. The third kappa shape index (κ3) is 9.04. The first kappa shape index (κ1) is 24.1. The van der Waals surface area contributed by atoms with Gasteiger partial charge in [-0.1, -0.05) is 6.07 Å². The zero-order valence-corrected chi connectivity index (χ0v) is 19.7. The number of aliphatic imine (C=N–C) groups is 1. The lowest BCUT2D eigenvalue weighted by atomic mass is 10.3. The van der Waals surface area contributed by atoms with Crippen LogP contribution in [-0.4, -0.2) is 56.1 Å². The minimum absolute atomic E-state index is 0. The normalized spacial score (nSPS) is 19.8. The number of nitrogens with zero attached hydrogens (tertiary/aromatic N) is 2. The van der Waals surface area contributed by atoms with E-state index >= 15 is 0 Å². The third-order valence-corrected chi connectivity index (χ3v) is 5.01. The first-order chi connectivity index (χ1) is 13.8. The summed E-state index contributed by atoms with van der Waals surface area (Å²) in [5.74, 6) is 1.54. The third-order valence-electron chi connectivity index (χ3n) is 5.01. The highest BCUT2D eigenvalue weighted by molar-refractivity contribution is 14.0. The van der Waals surface area contributed by atoms with Gasteiger partial charge in [0.2, 0.25) is 5.88 Å². The summed E-state index contributed by atoms with van der Waals surface area (Å²) in [6.45, 7) is 6.60. The molecule has 1 aromatic rings. The average molecular weight is 518 g/mol. The molecule has 0 spiro atoms. The molecule has 2 heterocycles. The van der Waals surface area contributed by atoms with E-state index in [4.69, 9.17) is 14.2 Å². The summed E-state index contributed by atoms with van der Waals surface area (Å²) in [5.41, 5.74) is 1.07. The molecule has 0 aromatic carbocycles. The molecule has 164 valence electrons. The Morgan fingerprint density at radius 2 is 2.07 bits per heavy atom. The van der Waals surface area contributed by atoms with E-state index in [1.165, 1.54) is 12.8 Å². The van der Waals surface area contributed by atoms with E-state index in [0.29, 0.717) is 12.6 Å². The number of halogens is 1. The van der Waals surface area contributed by atoms with Gasteiger partial charge in [-0.05, 0) is 51.0 Å². The Labute approximate surface area is 191 Å². The van der Waals surface area contributed by atoms with Crippen molar-refractivity contribution in [2.45, 2.75) is 64.2 Å². The number of guanidine groups is 1.